The van der Waals surface area contributed by atoms with Crippen LogP contribution in [0, 0.1) is 13.8 Å². The molecule has 2 N–H and O–H groups in total. The first-order valence-electron chi connectivity index (χ1n) is 11.0. The molecule has 6 bridgehead atoms. The van der Waals surface area contributed by atoms with E-state index in [0.717, 1.165) is 16.7 Å². The van der Waals surface area contributed by atoms with Crippen molar-refractivity contribution < 1.29 is 17.9 Å². The predicted octanol–water partition coefficient (Wildman–Crippen LogP) is 2.68. The molecule has 1 aromatic heterocycles. The molecule has 0 radical (unpaired) electrons. The van der Waals surface area contributed by atoms with Gasteiger partial charge in [0.25, 0.3) is 10.0 Å². The smallest absolute Gasteiger partial charge is 0.264 e. The van der Waals surface area contributed by atoms with Crippen molar-refractivity contribution in [2.45, 2.75) is 31.4 Å². The first-order chi connectivity index (χ1) is 16.3. The number of hydrogen-bond acceptors (Lipinski definition) is 7. The molecule has 11 heteroatoms. The topological polar surface area (TPSA) is 114 Å². The number of benzene rings is 2. The van der Waals surface area contributed by atoms with Crippen LogP contribution in [0.15, 0.2) is 53.4 Å². The number of nitrogens with zero attached hydrogens (tertiary/aromatic N) is 3. The molecule has 1 amide bonds. The zero-order valence-electron chi connectivity index (χ0n) is 19.3. The maximum atomic E-state index is 13.2. The van der Waals surface area contributed by atoms with Crippen LogP contribution in [-0.2, 0) is 21.4 Å². The number of halogens is 1. The van der Waals surface area contributed by atoms with Crippen LogP contribution in [0.3, 0.4) is 0 Å². The van der Waals surface area contributed by atoms with E-state index in [2.05, 4.69) is 20.0 Å². The summed E-state index contributed by atoms with van der Waals surface area (Å²) < 4.78 is 35.1. The number of fused-ring (bicyclic) bond motifs is 6. The lowest BCUT2D eigenvalue weighted by Gasteiger charge is -2.24. The van der Waals surface area contributed by atoms with Gasteiger partial charge in [-0.05, 0) is 42.7 Å². The Hall–Kier alpha value is -3.21. The molecule has 5 rings (SSSR count). The van der Waals surface area contributed by atoms with Crippen LogP contribution in [-0.4, -0.2) is 54.9 Å². The molecule has 0 saturated carbocycles. The standard InChI is InChI=1S/C24H25N5O4S.ClH/c1-15-5-3-6-16(2)23(15)20-10-21-27-24(26-20)28-34(31,32)19-8-4-7-17(9-19)13-29-14-18(33-21)11-25-12-22(29)30;/h3-10,18,25H,11-14H2,1-2H3,(H,26,27,28);1H. The average molecular weight is 516 g/mol. The molecule has 3 aromatic rings. The molecule has 1 unspecified atom stereocenters. The molecule has 0 aliphatic carbocycles. The predicted molar refractivity (Wildman–Crippen MR) is 134 cm³/mol. The molecule has 2 aliphatic heterocycles. The summed E-state index contributed by atoms with van der Waals surface area (Å²) in [5.74, 6) is 0.0821. The Morgan fingerprint density at radius 2 is 1.80 bits per heavy atom. The van der Waals surface area contributed by atoms with E-state index in [1.54, 1.807) is 29.2 Å². The largest absolute Gasteiger partial charge is 0.471 e. The lowest BCUT2D eigenvalue weighted by atomic mass is 10.00. The summed E-state index contributed by atoms with van der Waals surface area (Å²) in [6, 6.07) is 14.2. The number of carbonyl (C=O) groups is 1. The average Bonchev–Trinajstić information content (AvgIpc) is 2.94. The summed E-state index contributed by atoms with van der Waals surface area (Å²) in [7, 11) is -3.97. The Morgan fingerprint density at radius 1 is 1.06 bits per heavy atom. The zero-order chi connectivity index (χ0) is 23.9. The number of carbonyl (C=O) groups excluding carboxylic acids is 1. The quantitative estimate of drug-likeness (QED) is 0.512. The Morgan fingerprint density at radius 3 is 2.57 bits per heavy atom. The lowest BCUT2D eigenvalue weighted by molar-refractivity contribution is -0.130. The molecule has 35 heavy (non-hydrogen) atoms. The van der Waals surface area contributed by atoms with Gasteiger partial charge in [0.05, 0.1) is 23.7 Å². The molecular formula is C24H26ClN5O4S. The highest BCUT2D eigenvalue weighted by Gasteiger charge is 2.27. The van der Waals surface area contributed by atoms with Crippen LogP contribution >= 0.6 is 12.4 Å². The fourth-order valence-electron chi connectivity index (χ4n) is 4.35. The number of aryl methyl sites for hydroxylation is 2. The van der Waals surface area contributed by atoms with Crippen LogP contribution < -0.4 is 14.8 Å². The van der Waals surface area contributed by atoms with Crippen molar-refractivity contribution in [3.8, 4) is 17.1 Å². The molecule has 9 nitrogen and oxygen atoms in total. The Balaban J connectivity index is 0.00000289. The third-order valence-corrected chi connectivity index (χ3v) is 7.29. The molecule has 1 saturated heterocycles. The highest BCUT2D eigenvalue weighted by atomic mass is 35.5. The van der Waals surface area contributed by atoms with Gasteiger partial charge in [-0.1, -0.05) is 30.3 Å². The monoisotopic (exact) mass is 515 g/mol. The number of anilines is 1. The van der Waals surface area contributed by atoms with Crippen molar-refractivity contribution >= 4 is 34.3 Å². The minimum atomic E-state index is -3.97. The molecule has 184 valence electrons. The molecule has 3 heterocycles. The molecule has 1 fully saturated rings. The maximum Gasteiger partial charge on any atom is 0.264 e. The summed E-state index contributed by atoms with van der Waals surface area (Å²) >= 11 is 0. The van der Waals surface area contributed by atoms with E-state index in [0.29, 0.717) is 24.3 Å². The van der Waals surface area contributed by atoms with Crippen molar-refractivity contribution in [1.29, 1.82) is 0 Å². The number of ether oxygens (including phenoxy) is 1. The van der Waals surface area contributed by atoms with E-state index in [4.69, 9.17) is 4.74 Å². The minimum absolute atomic E-state index is 0. The van der Waals surface area contributed by atoms with Crippen LogP contribution in [0.2, 0.25) is 0 Å². The van der Waals surface area contributed by atoms with Crippen molar-refractivity contribution in [1.82, 2.24) is 20.2 Å². The van der Waals surface area contributed by atoms with Gasteiger partial charge in [-0.2, -0.15) is 4.98 Å². The van der Waals surface area contributed by atoms with Gasteiger partial charge in [0.15, 0.2) is 0 Å². The second-order valence-electron chi connectivity index (χ2n) is 8.58. The number of sulfonamides is 1. The van der Waals surface area contributed by atoms with Gasteiger partial charge in [-0.15, -0.1) is 12.4 Å². The number of amides is 1. The normalized spacial score (nSPS) is 19.0. The van der Waals surface area contributed by atoms with Gasteiger partial charge < -0.3 is 15.0 Å². The van der Waals surface area contributed by atoms with Crippen LogP contribution in [0.4, 0.5) is 5.95 Å². The van der Waals surface area contributed by atoms with E-state index >= 15 is 0 Å². The van der Waals surface area contributed by atoms with Gasteiger partial charge in [0.2, 0.25) is 17.7 Å². The van der Waals surface area contributed by atoms with E-state index in [1.165, 1.54) is 6.07 Å². The van der Waals surface area contributed by atoms with Gasteiger partial charge in [0.1, 0.15) is 6.10 Å². The lowest BCUT2D eigenvalue weighted by Crippen LogP contribution is -2.38. The highest BCUT2D eigenvalue weighted by Crippen LogP contribution is 2.30. The van der Waals surface area contributed by atoms with Crippen LogP contribution in [0.1, 0.15) is 16.7 Å². The van der Waals surface area contributed by atoms with Crippen molar-refractivity contribution in [3.63, 3.8) is 0 Å². The highest BCUT2D eigenvalue weighted by molar-refractivity contribution is 7.92. The summed E-state index contributed by atoms with van der Waals surface area (Å²) in [6.07, 6.45) is -0.374. The van der Waals surface area contributed by atoms with Crippen molar-refractivity contribution in [2.24, 2.45) is 0 Å². The number of hydrogen-bond donors (Lipinski definition) is 2. The summed E-state index contributed by atoms with van der Waals surface area (Å²) in [6.45, 7) is 5.20. The van der Waals surface area contributed by atoms with E-state index in [9.17, 15) is 13.2 Å². The first kappa shape index (κ1) is 24.9. The van der Waals surface area contributed by atoms with Gasteiger partial charge in [-0.25, -0.2) is 18.1 Å². The number of aromatic nitrogens is 2. The fourth-order valence-corrected chi connectivity index (χ4v) is 5.37. The van der Waals surface area contributed by atoms with E-state index < -0.39 is 10.0 Å². The van der Waals surface area contributed by atoms with Gasteiger partial charge >= 0.3 is 0 Å². The first-order valence-corrected chi connectivity index (χ1v) is 12.5. The Labute approximate surface area is 210 Å². The Kier molecular flexibility index (Phi) is 6.98. The van der Waals surface area contributed by atoms with Gasteiger partial charge in [-0.3, -0.25) is 4.79 Å². The molecular weight excluding hydrogens is 490 g/mol. The Bertz CT molecular complexity index is 1360. The number of nitrogens with one attached hydrogen (secondary N) is 2. The third-order valence-electron chi connectivity index (χ3n) is 5.96. The van der Waals surface area contributed by atoms with E-state index in [1.807, 2.05) is 32.0 Å². The molecule has 1 atom stereocenters. The SMILES string of the molecule is Cc1cccc(C)c1-c1cc2nc(n1)NS(=O)(=O)c1cccc(c1)CN1CC(CNCC1=O)O2.Cl. The zero-order valence-corrected chi connectivity index (χ0v) is 20.9. The summed E-state index contributed by atoms with van der Waals surface area (Å²) in [5.41, 5.74) is 4.14. The molecule has 0 spiro atoms. The van der Waals surface area contributed by atoms with Crippen molar-refractivity contribution in [3.05, 3.63) is 65.2 Å². The van der Waals surface area contributed by atoms with Crippen molar-refractivity contribution in [2.75, 3.05) is 24.4 Å². The minimum Gasteiger partial charge on any atom is -0.471 e. The second kappa shape index (κ2) is 9.80. The summed E-state index contributed by atoms with van der Waals surface area (Å²) in [4.78, 5) is 23.3. The van der Waals surface area contributed by atoms with Crippen LogP contribution in [0.25, 0.3) is 11.3 Å². The summed E-state index contributed by atoms with van der Waals surface area (Å²) in [5, 5.41) is 3.13. The molecule has 2 aliphatic rings. The fraction of sp³-hybridized carbons (Fsp3) is 0.292. The van der Waals surface area contributed by atoms with Crippen LogP contribution in [0.5, 0.6) is 5.88 Å². The molecule has 2 aromatic carbocycles. The van der Waals surface area contributed by atoms with E-state index in [-0.39, 0.29) is 54.2 Å². The third kappa shape index (κ3) is 5.24. The maximum absolute atomic E-state index is 13.2. The van der Waals surface area contributed by atoms with Gasteiger partial charge in [0, 0.05) is 24.7 Å². The number of rotatable bonds is 1. The second-order valence-corrected chi connectivity index (χ2v) is 10.3.